The maximum Gasteiger partial charge on any atom is 0.340 e. The van der Waals surface area contributed by atoms with E-state index in [1.807, 2.05) is 0 Å². The normalized spacial score (nSPS) is 10.8. The summed E-state index contributed by atoms with van der Waals surface area (Å²) in [6.45, 7) is 0. The van der Waals surface area contributed by atoms with Crippen molar-refractivity contribution in [3.63, 3.8) is 0 Å². The Balaban J connectivity index is 1.69. The highest BCUT2D eigenvalue weighted by molar-refractivity contribution is 5.94. The van der Waals surface area contributed by atoms with Crippen LogP contribution in [0.4, 0.5) is 5.69 Å². The number of carboxylic acid groups (broad SMARTS) is 1. The molecule has 10 nitrogen and oxygen atoms in total. The van der Waals surface area contributed by atoms with E-state index in [0.29, 0.717) is 18.4 Å². The Morgan fingerprint density at radius 2 is 1.77 bits per heavy atom. The summed E-state index contributed by atoms with van der Waals surface area (Å²) in [5, 5.41) is 34.1. The first-order chi connectivity index (χ1) is 14.9. The van der Waals surface area contributed by atoms with Crippen molar-refractivity contribution in [2.24, 2.45) is 5.10 Å². The fourth-order valence-corrected chi connectivity index (χ4v) is 3.09. The zero-order chi connectivity index (χ0) is 22.6. The van der Waals surface area contributed by atoms with Gasteiger partial charge in [0.05, 0.1) is 4.92 Å². The Kier molecular flexibility index (Phi) is 9.09. The molecule has 0 aliphatic carbocycles. The van der Waals surface area contributed by atoms with Crippen LogP contribution in [0.25, 0.3) is 0 Å². The number of unbranched alkanes of at least 4 members (excludes halogenated alkanes) is 5. The van der Waals surface area contributed by atoms with Crippen molar-refractivity contribution in [1.29, 1.82) is 0 Å². The summed E-state index contributed by atoms with van der Waals surface area (Å²) in [6, 6.07) is 5.35. The summed E-state index contributed by atoms with van der Waals surface area (Å²) >= 11 is 0. The number of nitrogens with one attached hydrogen (secondary N) is 1. The predicted molar refractivity (Wildman–Crippen MR) is 113 cm³/mol. The lowest BCUT2D eigenvalue weighted by Crippen LogP contribution is -2.17. The highest BCUT2D eigenvalue weighted by atomic mass is 16.6. The molecule has 10 heteroatoms. The smallest absolute Gasteiger partial charge is 0.340 e. The molecule has 1 amide bonds. The molecular weight excluding hydrogens is 404 g/mol. The van der Waals surface area contributed by atoms with E-state index in [1.165, 1.54) is 12.4 Å². The number of aromatic carboxylic acids is 1. The number of aromatic nitrogens is 1. The number of nitro groups is 1. The number of hydrogen-bond donors (Lipinski definition) is 3. The van der Waals surface area contributed by atoms with Crippen LogP contribution in [-0.2, 0) is 6.42 Å². The van der Waals surface area contributed by atoms with Crippen LogP contribution in [0.2, 0.25) is 0 Å². The van der Waals surface area contributed by atoms with Gasteiger partial charge in [-0.2, -0.15) is 5.10 Å². The minimum absolute atomic E-state index is 0.0505. The average Bonchev–Trinajstić information content (AvgIpc) is 2.75. The number of carboxylic acids is 1. The number of phenols is 1. The number of carbonyl (C=O) groups is 2. The first kappa shape index (κ1) is 23.5. The van der Waals surface area contributed by atoms with Crippen molar-refractivity contribution in [3.8, 4) is 5.75 Å². The van der Waals surface area contributed by atoms with Gasteiger partial charge in [-0.25, -0.2) is 10.2 Å². The third kappa shape index (κ3) is 7.18. The first-order valence-electron chi connectivity index (χ1n) is 9.86. The summed E-state index contributed by atoms with van der Waals surface area (Å²) in [6.07, 6.45) is 9.55. The number of pyridine rings is 1. The molecule has 3 N–H and O–H groups in total. The number of benzene rings is 1. The molecule has 0 fully saturated rings. The Bertz CT molecular complexity index is 946. The molecule has 1 heterocycles. The van der Waals surface area contributed by atoms with Crippen molar-refractivity contribution in [2.75, 3.05) is 0 Å². The van der Waals surface area contributed by atoms with Crippen LogP contribution in [0.3, 0.4) is 0 Å². The molecule has 164 valence electrons. The zero-order valence-electron chi connectivity index (χ0n) is 16.9. The molecule has 1 aromatic carbocycles. The van der Waals surface area contributed by atoms with Crippen molar-refractivity contribution in [3.05, 3.63) is 63.5 Å². The van der Waals surface area contributed by atoms with Gasteiger partial charge in [-0.1, -0.05) is 19.3 Å². The third-order valence-corrected chi connectivity index (χ3v) is 4.64. The summed E-state index contributed by atoms with van der Waals surface area (Å²) < 4.78 is 0. The molecule has 0 atom stereocenters. The lowest BCUT2D eigenvalue weighted by atomic mass is 9.97. The fourth-order valence-electron chi connectivity index (χ4n) is 3.09. The second-order valence-electron chi connectivity index (χ2n) is 6.81. The maximum absolute atomic E-state index is 11.8. The van der Waals surface area contributed by atoms with Crippen molar-refractivity contribution < 1.29 is 24.7 Å². The molecule has 0 spiro atoms. The summed E-state index contributed by atoms with van der Waals surface area (Å²) in [4.78, 5) is 37.5. The molecule has 2 aromatic rings. The van der Waals surface area contributed by atoms with Gasteiger partial charge in [0.15, 0.2) is 0 Å². The highest BCUT2D eigenvalue weighted by Crippen LogP contribution is 2.31. The number of nitrogens with zero attached hydrogens (tertiary/aromatic N) is 3. The van der Waals surface area contributed by atoms with E-state index < -0.39 is 22.2 Å². The average molecular weight is 428 g/mol. The number of aromatic hydroxyl groups is 1. The number of nitro benzene ring substituents is 1. The van der Waals surface area contributed by atoms with Gasteiger partial charge in [-0.3, -0.25) is 19.9 Å². The molecule has 2 rings (SSSR count). The Labute approximate surface area is 178 Å². The van der Waals surface area contributed by atoms with Gasteiger partial charge in [-0.05, 0) is 43.9 Å². The van der Waals surface area contributed by atoms with Gasteiger partial charge < -0.3 is 10.2 Å². The number of carbonyl (C=O) groups excluding carboxylic acids is 1. The standard InChI is InChI=1S/C21H24N4O6/c26-18-9-8-17(25(30)31)16(19(18)21(28)29)7-5-3-1-2-4-6-12-23-24-20(27)15-10-13-22-14-11-15/h8-14,26H,1-7H2,(H,24,27)(H,28,29)/b23-12+. The summed E-state index contributed by atoms with van der Waals surface area (Å²) in [7, 11) is 0. The quantitative estimate of drug-likeness (QED) is 0.201. The third-order valence-electron chi connectivity index (χ3n) is 4.64. The first-order valence-corrected chi connectivity index (χ1v) is 9.86. The SMILES string of the molecule is O=C(N/N=C/CCCCCCCc1c([N+](=O)[O-])ccc(O)c1C(=O)O)c1ccncc1. The lowest BCUT2D eigenvalue weighted by molar-refractivity contribution is -0.385. The molecule has 0 saturated carbocycles. The van der Waals surface area contributed by atoms with Gasteiger partial charge in [0.2, 0.25) is 0 Å². The molecule has 0 aliphatic heterocycles. The van der Waals surface area contributed by atoms with Crippen molar-refractivity contribution in [1.82, 2.24) is 10.4 Å². The zero-order valence-corrected chi connectivity index (χ0v) is 16.9. The minimum atomic E-state index is -1.38. The van der Waals surface area contributed by atoms with Crippen LogP contribution in [-0.4, -0.2) is 38.2 Å². The lowest BCUT2D eigenvalue weighted by Gasteiger charge is -2.09. The van der Waals surface area contributed by atoms with Crippen molar-refractivity contribution in [2.45, 2.75) is 44.9 Å². The summed E-state index contributed by atoms with van der Waals surface area (Å²) in [5.41, 5.74) is 2.27. The monoisotopic (exact) mass is 428 g/mol. The Hall–Kier alpha value is -3.82. The van der Waals surface area contributed by atoms with E-state index in [4.69, 9.17) is 0 Å². The van der Waals surface area contributed by atoms with Gasteiger partial charge >= 0.3 is 5.97 Å². The van der Waals surface area contributed by atoms with Crippen LogP contribution >= 0.6 is 0 Å². The largest absolute Gasteiger partial charge is 0.507 e. The topological polar surface area (TPSA) is 155 Å². The van der Waals surface area contributed by atoms with Gasteiger partial charge in [0.1, 0.15) is 11.3 Å². The molecule has 0 unspecified atom stereocenters. The second kappa shape index (κ2) is 12.0. The van der Waals surface area contributed by atoms with E-state index in [2.05, 4.69) is 15.5 Å². The molecule has 31 heavy (non-hydrogen) atoms. The Morgan fingerprint density at radius 3 is 2.45 bits per heavy atom. The fraction of sp³-hybridized carbons (Fsp3) is 0.333. The highest BCUT2D eigenvalue weighted by Gasteiger charge is 2.24. The molecule has 0 radical (unpaired) electrons. The van der Waals surface area contributed by atoms with Crippen LogP contribution in [0, 0.1) is 10.1 Å². The van der Waals surface area contributed by atoms with Crippen LogP contribution < -0.4 is 5.43 Å². The van der Waals surface area contributed by atoms with Gasteiger partial charge in [0, 0.05) is 35.8 Å². The van der Waals surface area contributed by atoms with Crippen molar-refractivity contribution >= 4 is 23.8 Å². The Morgan fingerprint density at radius 1 is 1.10 bits per heavy atom. The van der Waals surface area contributed by atoms with E-state index in [-0.39, 0.29) is 23.6 Å². The molecule has 0 saturated heterocycles. The molecule has 0 bridgehead atoms. The summed E-state index contributed by atoms with van der Waals surface area (Å²) in [5.74, 6) is -2.16. The molecule has 0 aliphatic rings. The second-order valence-corrected chi connectivity index (χ2v) is 6.81. The maximum atomic E-state index is 11.8. The van der Waals surface area contributed by atoms with E-state index in [1.54, 1.807) is 18.3 Å². The number of hydrogen-bond acceptors (Lipinski definition) is 7. The number of amides is 1. The van der Waals surface area contributed by atoms with Gasteiger partial charge in [-0.15, -0.1) is 0 Å². The van der Waals surface area contributed by atoms with E-state index in [0.717, 1.165) is 37.8 Å². The number of hydrazone groups is 1. The molecular formula is C21H24N4O6. The predicted octanol–water partition coefficient (Wildman–Crippen LogP) is 3.69. The number of rotatable bonds is 12. The van der Waals surface area contributed by atoms with Crippen LogP contribution in [0.15, 0.2) is 41.8 Å². The minimum Gasteiger partial charge on any atom is -0.507 e. The molecule has 1 aromatic heterocycles. The van der Waals surface area contributed by atoms with Gasteiger partial charge in [0.25, 0.3) is 11.6 Å². The van der Waals surface area contributed by atoms with E-state index >= 15 is 0 Å². The van der Waals surface area contributed by atoms with Crippen LogP contribution in [0.1, 0.15) is 64.8 Å². The van der Waals surface area contributed by atoms with E-state index in [9.17, 15) is 29.9 Å². The van der Waals surface area contributed by atoms with Crippen LogP contribution in [0.5, 0.6) is 5.75 Å².